The van der Waals surface area contributed by atoms with E-state index in [2.05, 4.69) is 5.32 Å². The Labute approximate surface area is 220 Å². The highest BCUT2D eigenvalue weighted by Crippen LogP contribution is 2.31. The molecule has 0 saturated carbocycles. The largest absolute Gasteiger partial charge is 0.357 e. The maximum atomic E-state index is 13.1. The summed E-state index contributed by atoms with van der Waals surface area (Å²) in [5, 5.41) is 3.80. The van der Waals surface area contributed by atoms with E-state index in [9.17, 15) is 18.0 Å². The fourth-order valence-corrected chi connectivity index (χ4v) is 5.01. The van der Waals surface area contributed by atoms with Gasteiger partial charge in [-0.2, -0.15) is 0 Å². The van der Waals surface area contributed by atoms with Crippen LogP contribution in [0.2, 0.25) is 20.1 Å². The molecule has 0 aliphatic heterocycles. The molecule has 0 aliphatic carbocycles. The van der Waals surface area contributed by atoms with Crippen molar-refractivity contribution in [1.29, 1.82) is 0 Å². The average Bonchev–Trinajstić information content (AvgIpc) is 2.77. The van der Waals surface area contributed by atoms with Crippen LogP contribution in [0.5, 0.6) is 0 Å². The van der Waals surface area contributed by atoms with Gasteiger partial charge in [-0.15, -0.1) is 0 Å². The van der Waals surface area contributed by atoms with Crippen LogP contribution in [0.25, 0.3) is 0 Å². The lowest BCUT2D eigenvalue weighted by molar-refractivity contribution is -0.140. The number of nitrogens with one attached hydrogen (secondary N) is 1. The molecule has 0 fully saturated rings. The smallest absolute Gasteiger partial charge is 0.242 e. The van der Waals surface area contributed by atoms with Gasteiger partial charge < -0.3 is 10.2 Å². The molecule has 2 aromatic rings. The Morgan fingerprint density at radius 3 is 2.24 bits per heavy atom. The van der Waals surface area contributed by atoms with Gasteiger partial charge in [-0.25, -0.2) is 8.42 Å². The first-order valence-electron chi connectivity index (χ1n) is 10.2. The van der Waals surface area contributed by atoms with Crippen molar-refractivity contribution < 1.29 is 18.0 Å². The molecule has 186 valence electrons. The number of carbonyl (C=O) groups is 2. The number of sulfonamides is 1. The SMILES string of the molecule is CNC(=O)[C@@H](C)N(Cc1ccc(Cl)c(Cl)c1)C(=O)CCCN(c1cc(Cl)ccc1Cl)S(C)(=O)=O. The minimum atomic E-state index is -3.69. The molecule has 1 atom stereocenters. The maximum absolute atomic E-state index is 13.1. The Hall–Kier alpha value is -1.71. The van der Waals surface area contributed by atoms with Gasteiger partial charge >= 0.3 is 0 Å². The van der Waals surface area contributed by atoms with Gasteiger partial charge in [0.1, 0.15) is 6.04 Å². The normalized spacial score (nSPS) is 12.2. The van der Waals surface area contributed by atoms with Crippen molar-refractivity contribution in [2.75, 3.05) is 24.2 Å². The molecule has 2 amide bonds. The van der Waals surface area contributed by atoms with Crippen LogP contribution in [-0.2, 0) is 26.2 Å². The monoisotopic (exact) mass is 567 g/mol. The molecule has 0 heterocycles. The maximum Gasteiger partial charge on any atom is 0.242 e. The lowest BCUT2D eigenvalue weighted by atomic mass is 10.1. The second kappa shape index (κ2) is 12.3. The third-order valence-corrected chi connectivity index (χ3v) is 7.55. The quantitative estimate of drug-likeness (QED) is 0.436. The van der Waals surface area contributed by atoms with Gasteiger partial charge in [-0.1, -0.05) is 52.5 Å². The Bertz CT molecular complexity index is 1160. The first kappa shape index (κ1) is 28.5. The molecular formula is C22H25Cl4N3O4S. The molecule has 0 radical (unpaired) electrons. The molecule has 0 saturated heterocycles. The molecule has 0 aliphatic rings. The first-order valence-corrected chi connectivity index (χ1v) is 13.6. The summed E-state index contributed by atoms with van der Waals surface area (Å²) in [6.07, 6.45) is 1.23. The molecule has 2 aromatic carbocycles. The van der Waals surface area contributed by atoms with Crippen LogP contribution < -0.4 is 9.62 Å². The molecule has 0 aromatic heterocycles. The van der Waals surface area contributed by atoms with Crippen molar-refractivity contribution in [3.8, 4) is 0 Å². The minimum Gasteiger partial charge on any atom is -0.357 e. The number of carbonyl (C=O) groups excluding carboxylic acids is 2. The van der Waals surface area contributed by atoms with E-state index < -0.39 is 16.1 Å². The number of likely N-dealkylation sites (N-methyl/N-ethyl adjacent to an activating group) is 1. The Morgan fingerprint density at radius 1 is 1.00 bits per heavy atom. The number of anilines is 1. The van der Waals surface area contributed by atoms with Crippen molar-refractivity contribution in [1.82, 2.24) is 10.2 Å². The Balaban J connectivity index is 2.20. The summed E-state index contributed by atoms with van der Waals surface area (Å²) in [4.78, 5) is 26.8. The highest BCUT2D eigenvalue weighted by Gasteiger charge is 2.26. The third-order valence-electron chi connectivity index (χ3n) is 5.08. The molecule has 0 unspecified atom stereocenters. The van der Waals surface area contributed by atoms with E-state index in [0.717, 1.165) is 10.6 Å². The summed E-state index contributed by atoms with van der Waals surface area (Å²) in [5.41, 5.74) is 0.928. The topological polar surface area (TPSA) is 86.8 Å². The van der Waals surface area contributed by atoms with Gasteiger partial charge in [0.2, 0.25) is 21.8 Å². The van der Waals surface area contributed by atoms with Crippen LogP contribution >= 0.6 is 46.4 Å². The summed E-state index contributed by atoms with van der Waals surface area (Å²) in [5.74, 6) is -0.662. The standard InChI is InChI=1S/C22H25Cl4N3O4S/c1-14(22(31)27-2)28(13-15-6-8-17(24)19(26)11-15)21(30)5-4-10-29(34(3,32)33)20-12-16(23)7-9-18(20)25/h6-9,11-12,14H,4-5,10,13H2,1-3H3,(H,27,31)/t14-/m1/s1. The van der Waals surface area contributed by atoms with Gasteiger partial charge in [-0.05, 0) is 49.2 Å². The zero-order valence-corrected chi connectivity index (χ0v) is 22.7. The van der Waals surface area contributed by atoms with E-state index in [1.165, 1.54) is 24.1 Å². The second-order valence-electron chi connectivity index (χ2n) is 7.59. The lowest BCUT2D eigenvalue weighted by Gasteiger charge is -2.29. The molecule has 12 heteroatoms. The summed E-state index contributed by atoms with van der Waals surface area (Å²) >= 11 is 24.3. The van der Waals surface area contributed by atoms with Crippen LogP contribution in [0.3, 0.4) is 0 Å². The zero-order chi connectivity index (χ0) is 25.6. The van der Waals surface area contributed by atoms with E-state index >= 15 is 0 Å². The predicted octanol–water partition coefficient (Wildman–Crippen LogP) is 5.01. The van der Waals surface area contributed by atoms with Crippen LogP contribution in [-0.4, -0.2) is 51.0 Å². The average molecular weight is 569 g/mol. The van der Waals surface area contributed by atoms with Gasteiger partial charge in [0.25, 0.3) is 0 Å². The molecule has 0 bridgehead atoms. The fraction of sp³-hybridized carbons (Fsp3) is 0.364. The minimum absolute atomic E-state index is 0.000393. The summed E-state index contributed by atoms with van der Waals surface area (Å²) in [7, 11) is -2.21. The number of hydrogen-bond acceptors (Lipinski definition) is 4. The van der Waals surface area contributed by atoms with Crippen molar-refractivity contribution in [2.45, 2.75) is 32.4 Å². The second-order valence-corrected chi connectivity index (χ2v) is 11.2. The number of benzene rings is 2. The molecule has 0 spiro atoms. The van der Waals surface area contributed by atoms with E-state index in [1.807, 2.05) is 0 Å². The van der Waals surface area contributed by atoms with Gasteiger partial charge in [0, 0.05) is 31.6 Å². The van der Waals surface area contributed by atoms with Gasteiger partial charge in [0.15, 0.2) is 0 Å². The lowest BCUT2D eigenvalue weighted by Crippen LogP contribution is -2.46. The number of halogens is 4. The highest BCUT2D eigenvalue weighted by molar-refractivity contribution is 7.92. The van der Waals surface area contributed by atoms with E-state index in [1.54, 1.807) is 31.2 Å². The summed E-state index contributed by atoms with van der Waals surface area (Å²) in [6.45, 7) is 1.74. The summed E-state index contributed by atoms with van der Waals surface area (Å²) < 4.78 is 25.9. The Kier molecular flexibility index (Phi) is 10.3. The number of nitrogens with zero attached hydrogens (tertiary/aromatic N) is 2. The predicted molar refractivity (Wildman–Crippen MR) is 138 cm³/mol. The number of hydrogen-bond donors (Lipinski definition) is 1. The number of rotatable bonds is 10. The molecular weight excluding hydrogens is 544 g/mol. The van der Waals surface area contributed by atoms with E-state index in [4.69, 9.17) is 46.4 Å². The van der Waals surface area contributed by atoms with Crippen molar-refractivity contribution >= 4 is 73.9 Å². The van der Waals surface area contributed by atoms with Crippen LogP contribution in [0.15, 0.2) is 36.4 Å². The van der Waals surface area contributed by atoms with Crippen LogP contribution in [0, 0.1) is 0 Å². The number of amides is 2. The summed E-state index contributed by atoms with van der Waals surface area (Å²) in [6, 6.07) is 8.72. The highest BCUT2D eigenvalue weighted by atomic mass is 35.5. The van der Waals surface area contributed by atoms with Crippen molar-refractivity contribution in [3.63, 3.8) is 0 Å². The van der Waals surface area contributed by atoms with Gasteiger partial charge in [-0.3, -0.25) is 13.9 Å². The fourth-order valence-electron chi connectivity index (χ4n) is 3.29. The first-order chi connectivity index (χ1) is 15.8. The molecule has 7 nitrogen and oxygen atoms in total. The van der Waals surface area contributed by atoms with Crippen LogP contribution in [0.1, 0.15) is 25.3 Å². The molecule has 34 heavy (non-hydrogen) atoms. The molecule has 1 N–H and O–H groups in total. The zero-order valence-electron chi connectivity index (χ0n) is 18.8. The Morgan fingerprint density at radius 2 is 1.65 bits per heavy atom. The third kappa shape index (κ3) is 7.65. The molecule has 2 rings (SSSR count). The van der Waals surface area contributed by atoms with Crippen molar-refractivity contribution in [3.05, 3.63) is 62.1 Å². The van der Waals surface area contributed by atoms with Crippen molar-refractivity contribution in [2.24, 2.45) is 0 Å². The van der Waals surface area contributed by atoms with Crippen LogP contribution in [0.4, 0.5) is 5.69 Å². The van der Waals surface area contributed by atoms with E-state index in [-0.39, 0.29) is 48.5 Å². The van der Waals surface area contributed by atoms with Gasteiger partial charge in [0.05, 0.1) is 27.0 Å². The van der Waals surface area contributed by atoms with E-state index in [0.29, 0.717) is 20.6 Å².